The molecule has 1 aromatic heterocycles. The van der Waals surface area contributed by atoms with Gasteiger partial charge in [-0.2, -0.15) is 0 Å². The van der Waals surface area contributed by atoms with Crippen LogP contribution in [0.5, 0.6) is 5.75 Å². The van der Waals surface area contributed by atoms with Crippen LogP contribution in [0, 0.1) is 0 Å². The summed E-state index contributed by atoms with van der Waals surface area (Å²) in [6.07, 6.45) is 0.947. The van der Waals surface area contributed by atoms with E-state index in [0.717, 1.165) is 27.7 Å². The summed E-state index contributed by atoms with van der Waals surface area (Å²) in [5.41, 5.74) is 3.54. The molecule has 0 radical (unpaired) electrons. The summed E-state index contributed by atoms with van der Waals surface area (Å²) in [5, 5.41) is 12.5. The van der Waals surface area contributed by atoms with Crippen molar-refractivity contribution in [2.75, 3.05) is 0 Å². The maximum absolute atomic E-state index is 10.8. The number of ether oxygens (including phenoxy) is 1. The summed E-state index contributed by atoms with van der Waals surface area (Å²) in [7, 11) is 0. The average Bonchev–Trinajstić information content (AvgIpc) is 2.61. The van der Waals surface area contributed by atoms with Crippen LogP contribution in [0.2, 0.25) is 5.02 Å². The Bertz CT molecular complexity index is 1000. The van der Waals surface area contributed by atoms with Crippen LogP contribution in [0.25, 0.3) is 22.6 Å². The minimum absolute atomic E-state index is 0. The van der Waals surface area contributed by atoms with Gasteiger partial charge in [-0.05, 0) is 61.4 Å². The van der Waals surface area contributed by atoms with Crippen LogP contribution in [-0.2, 0) is 4.79 Å². The number of nitrogens with zero attached hydrogens (tertiary/aromatic N) is 1. The number of fused-ring (bicyclic) bond motifs is 1. The van der Waals surface area contributed by atoms with E-state index in [-0.39, 0.29) is 29.6 Å². The van der Waals surface area contributed by atoms with Gasteiger partial charge in [0, 0.05) is 10.4 Å². The normalized spacial score (nSPS) is 12.3. The molecule has 0 bridgehead atoms. The molecule has 0 N–H and O–H groups in total. The molecule has 27 heavy (non-hydrogen) atoms. The van der Waals surface area contributed by atoms with Crippen molar-refractivity contribution in [2.45, 2.75) is 20.0 Å². The van der Waals surface area contributed by atoms with E-state index in [1.807, 2.05) is 55.5 Å². The third kappa shape index (κ3) is 5.56. The van der Waals surface area contributed by atoms with Crippen LogP contribution in [0.3, 0.4) is 0 Å². The van der Waals surface area contributed by atoms with Gasteiger partial charge in [0.2, 0.25) is 0 Å². The minimum Gasteiger partial charge on any atom is -0.546 e. The van der Waals surface area contributed by atoms with E-state index < -0.39 is 12.1 Å². The second kappa shape index (κ2) is 9.38. The molecular weight excluding hydrogens is 373 g/mol. The van der Waals surface area contributed by atoms with Crippen LogP contribution >= 0.6 is 11.6 Å². The third-order valence-corrected chi connectivity index (χ3v) is 4.21. The van der Waals surface area contributed by atoms with Gasteiger partial charge in [-0.1, -0.05) is 35.9 Å². The number of carboxylic acid groups (broad SMARTS) is 1. The molecule has 3 rings (SSSR count). The number of allylic oxidation sites excluding steroid dienone is 1. The summed E-state index contributed by atoms with van der Waals surface area (Å²) in [6, 6.07) is 16.8. The molecule has 1 atom stereocenters. The number of benzene rings is 2. The maximum atomic E-state index is 10.8. The Morgan fingerprint density at radius 3 is 2.67 bits per heavy atom. The van der Waals surface area contributed by atoms with Gasteiger partial charge in [-0.15, -0.1) is 0 Å². The summed E-state index contributed by atoms with van der Waals surface area (Å²) in [5.74, 6) is -0.771. The van der Waals surface area contributed by atoms with E-state index in [1.165, 1.54) is 6.92 Å². The first-order chi connectivity index (χ1) is 12.4. The molecule has 1 heterocycles. The average molecular weight is 390 g/mol. The first-order valence-corrected chi connectivity index (χ1v) is 8.53. The van der Waals surface area contributed by atoms with Crippen molar-refractivity contribution in [3.8, 4) is 5.75 Å². The smallest absolute Gasteiger partial charge is 0.546 e. The van der Waals surface area contributed by atoms with Crippen molar-refractivity contribution in [1.82, 2.24) is 4.98 Å². The van der Waals surface area contributed by atoms with Gasteiger partial charge in [0.15, 0.2) is 0 Å². The van der Waals surface area contributed by atoms with Gasteiger partial charge in [0.25, 0.3) is 0 Å². The van der Waals surface area contributed by atoms with E-state index in [2.05, 4.69) is 4.98 Å². The Labute approximate surface area is 185 Å². The summed E-state index contributed by atoms with van der Waals surface area (Å²) < 4.78 is 5.37. The SMILES string of the molecule is C/C(=C/c1ccc2ccc(Cl)cc2n1)c1cccc(OC(C)C(=O)[O-])c1.[Na+]. The van der Waals surface area contributed by atoms with E-state index in [0.29, 0.717) is 10.8 Å². The molecule has 0 aliphatic heterocycles. The zero-order valence-electron chi connectivity index (χ0n) is 15.4. The second-order valence-electron chi connectivity index (χ2n) is 6.01. The van der Waals surface area contributed by atoms with Crippen LogP contribution < -0.4 is 39.4 Å². The van der Waals surface area contributed by atoms with Crippen LogP contribution in [0.1, 0.15) is 25.1 Å². The number of aromatic nitrogens is 1. The number of hydrogen-bond donors (Lipinski definition) is 0. The Balaban J connectivity index is 0.00000261. The number of carbonyl (C=O) groups excluding carboxylic acids is 1. The van der Waals surface area contributed by atoms with E-state index in [4.69, 9.17) is 16.3 Å². The number of carboxylic acids is 1. The molecular formula is C21H17ClNNaO3. The van der Waals surface area contributed by atoms with E-state index in [9.17, 15) is 9.90 Å². The number of hydrogen-bond acceptors (Lipinski definition) is 4. The fourth-order valence-corrected chi connectivity index (χ4v) is 2.72. The van der Waals surface area contributed by atoms with Gasteiger partial charge >= 0.3 is 29.6 Å². The maximum Gasteiger partial charge on any atom is 1.00 e. The van der Waals surface area contributed by atoms with Crippen molar-refractivity contribution in [3.05, 3.63) is 70.9 Å². The molecule has 0 fully saturated rings. The Hall–Kier alpha value is -1.85. The molecule has 6 heteroatoms. The largest absolute Gasteiger partial charge is 1.00 e. The first-order valence-electron chi connectivity index (χ1n) is 8.15. The van der Waals surface area contributed by atoms with Crippen molar-refractivity contribution in [2.24, 2.45) is 0 Å². The summed E-state index contributed by atoms with van der Waals surface area (Å²) in [6.45, 7) is 3.40. The van der Waals surface area contributed by atoms with Crippen LogP contribution in [-0.4, -0.2) is 17.1 Å². The van der Waals surface area contributed by atoms with E-state index in [1.54, 1.807) is 12.1 Å². The Morgan fingerprint density at radius 2 is 1.93 bits per heavy atom. The number of rotatable bonds is 5. The van der Waals surface area contributed by atoms with Gasteiger partial charge in [-0.25, -0.2) is 4.98 Å². The van der Waals surface area contributed by atoms with Crippen LogP contribution in [0.4, 0.5) is 0 Å². The molecule has 3 aromatic rings. The van der Waals surface area contributed by atoms with Crippen molar-refractivity contribution < 1.29 is 44.2 Å². The van der Waals surface area contributed by atoms with Gasteiger partial charge in [0.05, 0.1) is 17.2 Å². The van der Waals surface area contributed by atoms with Gasteiger partial charge < -0.3 is 14.6 Å². The van der Waals surface area contributed by atoms with E-state index >= 15 is 0 Å². The molecule has 0 aliphatic rings. The zero-order valence-corrected chi connectivity index (χ0v) is 18.2. The fourth-order valence-electron chi connectivity index (χ4n) is 2.56. The molecule has 0 saturated carbocycles. The predicted octanol–water partition coefficient (Wildman–Crippen LogP) is 0.970. The molecule has 0 amide bonds. The molecule has 0 saturated heterocycles. The number of halogens is 1. The van der Waals surface area contributed by atoms with Crippen LogP contribution in [0.15, 0.2) is 54.6 Å². The summed E-state index contributed by atoms with van der Waals surface area (Å²) in [4.78, 5) is 15.4. The molecule has 0 spiro atoms. The predicted molar refractivity (Wildman–Crippen MR) is 102 cm³/mol. The number of pyridine rings is 1. The Morgan fingerprint density at radius 1 is 1.19 bits per heavy atom. The first kappa shape index (κ1) is 21.5. The van der Waals surface area contributed by atoms with Gasteiger partial charge in [-0.3, -0.25) is 0 Å². The molecule has 1 unspecified atom stereocenters. The molecule has 0 aliphatic carbocycles. The minimum atomic E-state index is -1.25. The van der Waals surface area contributed by atoms with Gasteiger partial charge in [0.1, 0.15) is 11.9 Å². The van der Waals surface area contributed by atoms with Crippen molar-refractivity contribution in [3.63, 3.8) is 0 Å². The topological polar surface area (TPSA) is 62.2 Å². The standard InChI is InChI=1S/C21H18ClNO3.Na/c1-13(16-4-3-5-19(11-16)26-14(2)21(24)25)10-18-9-7-15-6-8-17(22)12-20(15)23-18;/h3-12,14H,1-2H3,(H,24,25);/q;+1/p-1/b13-10-;. The summed E-state index contributed by atoms with van der Waals surface area (Å²) >= 11 is 6.04. The zero-order chi connectivity index (χ0) is 18.7. The third-order valence-electron chi connectivity index (χ3n) is 3.97. The van der Waals surface area contributed by atoms with Crippen molar-refractivity contribution >= 4 is 40.1 Å². The quantitative estimate of drug-likeness (QED) is 0.610. The Kier molecular flexibility index (Phi) is 7.45. The van der Waals surface area contributed by atoms with Crippen molar-refractivity contribution in [1.29, 1.82) is 0 Å². The fraction of sp³-hybridized carbons (Fsp3) is 0.143. The second-order valence-corrected chi connectivity index (χ2v) is 6.44. The number of carbonyl (C=O) groups is 1. The number of aliphatic carboxylic acids is 1. The molecule has 2 aromatic carbocycles. The molecule has 132 valence electrons. The molecule has 4 nitrogen and oxygen atoms in total. The monoisotopic (exact) mass is 389 g/mol.